The summed E-state index contributed by atoms with van der Waals surface area (Å²) in [6, 6.07) is 0. The fourth-order valence-electron chi connectivity index (χ4n) is 7.77. The number of hydrogen-bond donors (Lipinski definition) is 1. The molecule has 0 aromatic carbocycles. The SMILES string of the molecule is CC(=O)[C@@H]1CC[C@@H]2[C@H]3CC(C)=C4C[C@@H](O)CC[C@]4(C)[C@@H]3CC[C@@]21C. The molecule has 4 rings (SSSR count). The molecule has 4 aliphatic carbocycles. The van der Waals surface area contributed by atoms with E-state index in [0.29, 0.717) is 17.1 Å². The van der Waals surface area contributed by atoms with Gasteiger partial charge in [0.15, 0.2) is 0 Å². The minimum atomic E-state index is -0.123. The van der Waals surface area contributed by atoms with E-state index in [1.165, 1.54) is 25.7 Å². The molecule has 2 heteroatoms. The molecule has 0 aliphatic heterocycles. The third kappa shape index (κ3) is 2.14. The van der Waals surface area contributed by atoms with Gasteiger partial charge in [-0.05, 0) is 93.8 Å². The highest BCUT2D eigenvalue weighted by molar-refractivity contribution is 5.79. The van der Waals surface area contributed by atoms with Crippen LogP contribution in [0.3, 0.4) is 0 Å². The third-order valence-electron chi connectivity index (χ3n) is 8.93. The maximum absolute atomic E-state index is 12.2. The van der Waals surface area contributed by atoms with Crippen molar-refractivity contribution in [2.75, 3.05) is 0 Å². The van der Waals surface area contributed by atoms with E-state index >= 15 is 0 Å². The van der Waals surface area contributed by atoms with Crippen LogP contribution in [0.15, 0.2) is 11.1 Å². The Hall–Kier alpha value is -0.630. The van der Waals surface area contributed by atoms with Gasteiger partial charge >= 0.3 is 0 Å². The van der Waals surface area contributed by atoms with Crippen LogP contribution < -0.4 is 0 Å². The monoisotopic (exact) mass is 330 g/mol. The molecule has 24 heavy (non-hydrogen) atoms. The predicted molar refractivity (Wildman–Crippen MR) is 96.5 cm³/mol. The highest BCUT2D eigenvalue weighted by atomic mass is 16.3. The van der Waals surface area contributed by atoms with E-state index in [1.807, 2.05) is 6.92 Å². The first kappa shape index (κ1) is 16.8. The lowest BCUT2D eigenvalue weighted by molar-refractivity contribution is -0.127. The van der Waals surface area contributed by atoms with Gasteiger partial charge in [-0.1, -0.05) is 25.0 Å². The largest absolute Gasteiger partial charge is 0.393 e. The first-order valence-electron chi connectivity index (χ1n) is 10.1. The fourth-order valence-corrected chi connectivity index (χ4v) is 7.77. The van der Waals surface area contributed by atoms with Crippen molar-refractivity contribution in [3.05, 3.63) is 11.1 Å². The second-order valence-corrected chi connectivity index (χ2v) is 9.94. The Kier molecular flexibility index (Phi) is 3.81. The number of hydrogen-bond acceptors (Lipinski definition) is 2. The summed E-state index contributed by atoms with van der Waals surface area (Å²) in [5.41, 5.74) is 3.71. The Morgan fingerprint density at radius 1 is 1.04 bits per heavy atom. The number of Topliss-reactive ketones (excluding diaryl/α,β-unsaturated/α-hetero) is 1. The number of ketones is 1. The number of aliphatic hydroxyl groups excluding tert-OH is 1. The lowest BCUT2D eigenvalue weighted by atomic mass is 9.46. The fraction of sp³-hybridized carbons (Fsp3) is 0.864. The zero-order chi connectivity index (χ0) is 17.3. The highest BCUT2D eigenvalue weighted by Crippen LogP contribution is 2.67. The Balaban J connectivity index is 1.71. The molecule has 0 unspecified atom stereocenters. The van der Waals surface area contributed by atoms with Crippen molar-refractivity contribution < 1.29 is 9.90 Å². The minimum absolute atomic E-state index is 0.123. The van der Waals surface area contributed by atoms with E-state index in [1.54, 1.807) is 11.1 Å². The van der Waals surface area contributed by atoms with Crippen molar-refractivity contribution in [1.82, 2.24) is 0 Å². The molecule has 7 atom stereocenters. The van der Waals surface area contributed by atoms with Crippen LogP contribution in [0.4, 0.5) is 0 Å². The van der Waals surface area contributed by atoms with Crippen LogP contribution in [0, 0.1) is 34.5 Å². The normalized spacial score (nSPS) is 51.0. The van der Waals surface area contributed by atoms with Crippen molar-refractivity contribution in [2.24, 2.45) is 34.5 Å². The summed E-state index contributed by atoms with van der Waals surface area (Å²) < 4.78 is 0. The number of carbonyl (C=O) groups excluding carboxylic acids is 1. The van der Waals surface area contributed by atoms with Crippen LogP contribution in [0.1, 0.15) is 79.1 Å². The number of aliphatic hydroxyl groups is 1. The smallest absolute Gasteiger partial charge is 0.133 e. The lowest BCUT2D eigenvalue weighted by Crippen LogP contribution is -2.51. The molecule has 3 fully saturated rings. The molecule has 0 saturated heterocycles. The third-order valence-corrected chi connectivity index (χ3v) is 8.93. The Labute approximate surface area is 147 Å². The maximum Gasteiger partial charge on any atom is 0.133 e. The summed E-state index contributed by atoms with van der Waals surface area (Å²) in [5, 5.41) is 10.2. The summed E-state index contributed by atoms with van der Waals surface area (Å²) in [6.07, 6.45) is 9.00. The molecule has 0 spiro atoms. The van der Waals surface area contributed by atoms with Crippen LogP contribution in [-0.4, -0.2) is 17.0 Å². The standard InChI is InChI=1S/C22H34O2/c1-13-11-16-18-6-5-17(14(2)23)21(18,3)10-8-19(16)22(4)9-7-15(24)12-20(13)22/h15-19,24H,5-12H2,1-4H3/t15-,16+,17-,18+,19+,21+,22+/m0/s1. The van der Waals surface area contributed by atoms with Crippen molar-refractivity contribution in [3.8, 4) is 0 Å². The number of fused-ring (bicyclic) bond motifs is 5. The van der Waals surface area contributed by atoms with Gasteiger partial charge in [0.25, 0.3) is 0 Å². The molecule has 4 aliphatic rings. The van der Waals surface area contributed by atoms with Crippen molar-refractivity contribution >= 4 is 5.78 Å². The zero-order valence-electron chi connectivity index (χ0n) is 15.9. The molecule has 0 aromatic rings. The number of rotatable bonds is 1. The molecular weight excluding hydrogens is 296 g/mol. The molecule has 1 N–H and O–H groups in total. The maximum atomic E-state index is 12.2. The van der Waals surface area contributed by atoms with Crippen LogP contribution in [-0.2, 0) is 4.79 Å². The van der Waals surface area contributed by atoms with Crippen LogP contribution in [0.2, 0.25) is 0 Å². The molecule has 0 bridgehead atoms. The van der Waals surface area contributed by atoms with Crippen molar-refractivity contribution in [2.45, 2.75) is 85.2 Å². The van der Waals surface area contributed by atoms with Gasteiger partial charge in [-0.15, -0.1) is 0 Å². The van der Waals surface area contributed by atoms with Gasteiger partial charge in [0.2, 0.25) is 0 Å². The predicted octanol–water partition coefficient (Wildman–Crippen LogP) is 4.91. The Bertz CT molecular complexity index is 591. The molecule has 0 heterocycles. The van der Waals surface area contributed by atoms with Crippen LogP contribution in [0.5, 0.6) is 0 Å². The van der Waals surface area contributed by atoms with Crippen LogP contribution in [0.25, 0.3) is 0 Å². The lowest BCUT2D eigenvalue weighted by Gasteiger charge is -2.58. The number of carbonyl (C=O) groups is 1. The van der Waals surface area contributed by atoms with Gasteiger partial charge < -0.3 is 5.11 Å². The van der Waals surface area contributed by atoms with E-state index in [4.69, 9.17) is 0 Å². The number of allylic oxidation sites excluding steroid dienone is 1. The topological polar surface area (TPSA) is 37.3 Å². The molecule has 134 valence electrons. The van der Waals surface area contributed by atoms with Gasteiger partial charge in [-0.2, -0.15) is 0 Å². The zero-order valence-corrected chi connectivity index (χ0v) is 15.9. The summed E-state index contributed by atoms with van der Waals surface area (Å²) in [4.78, 5) is 12.2. The second-order valence-electron chi connectivity index (χ2n) is 9.94. The van der Waals surface area contributed by atoms with Crippen LogP contribution >= 0.6 is 0 Å². The van der Waals surface area contributed by atoms with Crippen molar-refractivity contribution in [1.29, 1.82) is 0 Å². The quantitative estimate of drug-likeness (QED) is 0.694. The van der Waals surface area contributed by atoms with E-state index in [9.17, 15) is 9.90 Å². The van der Waals surface area contributed by atoms with Gasteiger partial charge in [-0.25, -0.2) is 0 Å². The molecule has 0 aromatic heterocycles. The minimum Gasteiger partial charge on any atom is -0.393 e. The first-order valence-corrected chi connectivity index (χ1v) is 10.1. The Morgan fingerprint density at radius 2 is 1.79 bits per heavy atom. The summed E-state index contributed by atoms with van der Waals surface area (Å²) in [5.74, 6) is 2.99. The highest BCUT2D eigenvalue weighted by Gasteiger charge is 2.59. The molecule has 3 saturated carbocycles. The molecule has 2 nitrogen and oxygen atoms in total. The van der Waals surface area contributed by atoms with Gasteiger partial charge in [0.05, 0.1) is 6.10 Å². The molecular formula is C22H34O2. The van der Waals surface area contributed by atoms with E-state index in [-0.39, 0.29) is 11.5 Å². The summed E-state index contributed by atoms with van der Waals surface area (Å²) >= 11 is 0. The van der Waals surface area contributed by atoms with E-state index in [0.717, 1.165) is 43.4 Å². The first-order chi connectivity index (χ1) is 11.3. The van der Waals surface area contributed by atoms with Gasteiger partial charge in [0.1, 0.15) is 5.78 Å². The molecule has 0 radical (unpaired) electrons. The summed E-state index contributed by atoms with van der Waals surface area (Å²) in [6.45, 7) is 9.06. The van der Waals surface area contributed by atoms with E-state index < -0.39 is 0 Å². The van der Waals surface area contributed by atoms with Crippen molar-refractivity contribution in [3.63, 3.8) is 0 Å². The summed E-state index contributed by atoms with van der Waals surface area (Å²) in [7, 11) is 0. The average Bonchev–Trinajstić information content (AvgIpc) is 2.87. The Morgan fingerprint density at radius 3 is 2.50 bits per heavy atom. The average molecular weight is 331 g/mol. The molecule has 0 amide bonds. The van der Waals surface area contributed by atoms with Gasteiger partial charge in [0, 0.05) is 5.92 Å². The van der Waals surface area contributed by atoms with Gasteiger partial charge in [-0.3, -0.25) is 4.79 Å². The second kappa shape index (κ2) is 5.43. The van der Waals surface area contributed by atoms with E-state index in [2.05, 4.69) is 20.8 Å².